The van der Waals surface area contributed by atoms with Gasteiger partial charge in [0, 0.05) is 56.0 Å². The number of rotatable bonds is 19. The maximum Gasteiger partial charge on any atom is 0.272 e. The standard InChI is InChI=1S/C43H58N4O8/c1-6-11-29(40(51)38(50)20-27-16-17-27)21-36(48)35-23-32(55-31-15-10-14-30(22-31)54-5)26-47(35)42(53)33(43(2,3)4)24-37(49)39(28-12-8-7-9-13-28)46-41(52)34-25-44-18-19-45-34/h10,14-15,18-19,22,25,27-29,32-33,35,39H,6-9,11-13,16-17,20-21,23-24,26H2,1-5H3,(H,46,52)/t29-,32-,33-,35+,39+/m1/s1. The van der Waals surface area contributed by atoms with Gasteiger partial charge in [-0.3, -0.25) is 33.8 Å². The molecule has 2 heterocycles. The van der Waals surface area contributed by atoms with E-state index in [-0.39, 0.29) is 67.2 Å². The summed E-state index contributed by atoms with van der Waals surface area (Å²) in [4.78, 5) is 92.8. The first-order valence-corrected chi connectivity index (χ1v) is 20.1. The molecule has 12 heteroatoms. The topological polar surface area (TPSA) is 162 Å². The van der Waals surface area contributed by atoms with E-state index in [1.54, 1.807) is 31.4 Å². The Morgan fingerprint density at radius 1 is 0.964 bits per heavy atom. The van der Waals surface area contributed by atoms with Crippen LogP contribution in [0.5, 0.6) is 11.5 Å². The molecule has 1 saturated heterocycles. The molecule has 5 rings (SSSR count). The van der Waals surface area contributed by atoms with Gasteiger partial charge < -0.3 is 19.7 Å². The molecule has 2 saturated carbocycles. The van der Waals surface area contributed by atoms with E-state index in [2.05, 4.69) is 15.3 Å². The largest absolute Gasteiger partial charge is 0.497 e. The van der Waals surface area contributed by atoms with Crippen LogP contribution in [-0.4, -0.2) is 81.7 Å². The molecular formula is C43H58N4O8. The summed E-state index contributed by atoms with van der Waals surface area (Å²) in [5, 5.41) is 2.95. The third kappa shape index (κ3) is 11.3. The lowest BCUT2D eigenvalue weighted by Crippen LogP contribution is -2.51. The summed E-state index contributed by atoms with van der Waals surface area (Å²) in [6, 6.07) is 5.37. The van der Waals surface area contributed by atoms with Gasteiger partial charge in [-0.25, -0.2) is 4.98 Å². The molecular weight excluding hydrogens is 700 g/mol. The SMILES string of the molecule is CCC[C@H](CC(=O)[C@@H]1C[C@@H](Oc2cccc(OC)c2)CN1C(=O)[C@@H](CC(=O)[C@@H](NC(=O)c1cnccn1)C1CCCCC1)C(C)(C)C)C(=O)C(=O)CC1CC1. The van der Waals surface area contributed by atoms with E-state index < -0.39 is 52.9 Å². The van der Waals surface area contributed by atoms with E-state index >= 15 is 0 Å². The van der Waals surface area contributed by atoms with Crippen LogP contribution in [0.25, 0.3) is 0 Å². The summed E-state index contributed by atoms with van der Waals surface area (Å²) in [5.41, 5.74) is -0.595. The van der Waals surface area contributed by atoms with Crippen molar-refractivity contribution in [3.05, 3.63) is 48.5 Å². The predicted molar refractivity (Wildman–Crippen MR) is 205 cm³/mol. The van der Waals surface area contributed by atoms with Crippen molar-refractivity contribution in [3.63, 3.8) is 0 Å². The number of carbonyl (C=O) groups excluding carboxylic acids is 6. The van der Waals surface area contributed by atoms with Crippen LogP contribution >= 0.6 is 0 Å². The van der Waals surface area contributed by atoms with Crippen molar-refractivity contribution in [2.45, 2.75) is 129 Å². The monoisotopic (exact) mass is 758 g/mol. The molecule has 0 spiro atoms. The number of methoxy groups -OCH3 is 1. The highest BCUT2D eigenvalue weighted by Gasteiger charge is 2.47. The van der Waals surface area contributed by atoms with Crippen molar-refractivity contribution in [2.75, 3.05) is 13.7 Å². The second-order valence-electron chi connectivity index (χ2n) is 16.8. The Bertz CT molecular complexity index is 1680. The fourth-order valence-electron chi connectivity index (χ4n) is 8.12. The summed E-state index contributed by atoms with van der Waals surface area (Å²) < 4.78 is 11.7. The van der Waals surface area contributed by atoms with Crippen LogP contribution in [0.3, 0.4) is 0 Å². The van der Waals surface area contributed by atoms with Crippen LogP contribution in [0.15, 0.2) is 42.9 Å². The van der Waals surface area contributed by atoms with Crippen LogP contribution in [-0.2, 0) is 24.0 Å². The van der Waals surface area contributed by atoms with Crippen molar-refractivity contribution >= 4 is 34.9 Å². The molecule has 2 aliphatic carbocycles. The molecule has 2 amide bonds. The lowest BCUT2D eigenvalue weighted by molar-refractivity contribution is -0.147. The zero-order valence-corrected chi connectivity index (χ0v) is 33.1. The highest BCUT2D eigenvalue weighted by atomic mass is 16.5. The van der Waals surface area contributed by atoms with Gasteiger partial charge in [-0.1, -0.05) is 59.4 Å². The normalized spacial score (nSPS) is 20.6. The van der Waals surface area contributed by atoms with Gasteiger partial charge in [0.25, 0.3) is 5.91 Å². The third-order valence-corrected chi connectivity index (χ3v) is 11.5. The van der Waals surface area contributed by atoms with Gasteiger partial charge in [-0.2, -0.15) is 0 Å². The maximum atomic E-state index is 14.9. The molecule has 3 aliphatic rings. The molecule has 1 aromatic carbocycles. The van der Waals surface area contributed by atoms with E-state index in [4.69, 9.17) is 9.47 Å². The molecule has 0 unspecified atom stereocenters. The number of nitrogens with one attached hydrogen (secondary N) is 1. The van der Waals surface area contributed by atoms with Crippen molar-refractivity contribution in [2.24, 2.45) is 29.1 Å². The number of aromatic nitrogens is 2. The van der Waals surface area contributed by atoms with Crippen LogP contribution in [0.4, 0.5) is 0 Å². The van der Waals surface area contributed by atoms with Crippen molar-refractivity contribution in [1.82, 2.24) is 20.2 Å². The average molecular weight is 759 g/mol. The molecule has 55 heavy (non-hydrogen) atoms. The number of benzene rings is 1. The van der Waals surface area contributed by atoms with E-state index in [1.165, 1.54) is 23.5 Å². The van der Waals surface area contributed by atoms with Gasteiger partial charge in [0.05, 0.1) is 31.9 Å². The Kier molecular flexibility index (Phi) is 14.3. The number of carbonyl (C=O) groups is 6. The van der Waals surface area contributed by atoms with Crippen LogP contribution < -0.4 is 14.8 Å². The molecule has 3 fully saturated rings. The second kappa shape index (κ2) is 18.9. The molecule has 1 aliphatic heterocycles. The zero-order chi connectivity index (χ0) is 39.7. The number of amides is 2. The number of nitrogens with zero attached hydrogens (tertiary/aromatic N) is 3. The second-order valence-corrected chi connectivity index (χ2v) is 16.8. The van der Waals surface area contributed by atoms with Crippen molar-refractivity contribution in [1.29, 1.82) is 0 Å². The Labute approximate surface area is 324 Å². The number of hydrogen-bond acceptors (Lipinski definition) is 10. The lowest BCUT2D eigenvalue weighted by Gasteiger charge is -2.36. The van der Waals surface area contributed by atoms with Gasteiger partial charge in [-0.15, -0.1) is 0 Å². The van der Waals surface area contributed by atoms with E-state index in [0.717, 1.165) is 44.9 Å². The van der Waals surface area contributed by atoms with Gasteiger partial charge in [-0.05, 0) is 61.5 Å². The predicted octanol–water partition coefficient (Wildman–Crippen LogP) is 6.15. The Balaban J connectivity index is 1.40. The third-order valence-electron chi connectivity index (χ3n) is 11.5. The summed E-state index contributed by atoms with van der Waals surface area (Å²) in [6.07, 6.45) is 11.2. The number of hydrogen-bond donors (Lipinski definition) is 1. The van der Waals surface area contributed by atoms with E-state index in [1.807, 2.05) is 27.7 Å². The summed E-state index contributed by atoms with van der Waals surface area (Å²) >= 11 is 0. The van der Waals surface area contributed by atoms with Crippen molar-refractivity contribution in [3.8, 4) is 11.5 Å². The molecule has 298 valence electrons. The average Bonchev–Trinajstić information content (AvgIpc) is 3.90. The number of ether oxygens (including phenoxy) is 2. The summed E-state index contributed by atoms with van der Waals surface area (Å²) in [5.74, 6) is -2.63. The fraction of sp³-hybridized carbons (Fsp3) is 0.628. The minimum absolute atomic E-state index is 0.0880. The lowest BCUT2D eigenvalue weighted by atomic mass is 9.74. The van der Waals surface area contributed by atoms with Gasteiger partial charge in [0.15, 0.2) is 17.3 Å². The quantitative estimate of drug-likeness (QED) is 0.165. The number of Topliss-reactive ketones (excluding diaryl/α,β-unsaturated/α-hetero) is 4. The summed E-state index contributed by atoms with van der Waals surface area (Å²) in [6.45, 7) is 7.70. The molecule has 0 bridgehead atoms. The number of likely N-dealkylation sites (tertiary alicyclic amines) is 1. The first kappa shape index (κ1) is 41.7. The smallest absolute Gasteiger partial charge is 0.272 e. The molecule has 1 N–H and O–H groups in total. The van der Waals surface area contributed by atoms with Gasteiger partial charge >= 0.3 is 0 Å². The van der Waals surface area contributed by atoms with Crippen molar-refractivity contribution < 1.29 is 38.2 Å². The maximum absolute atomic E-state index is 14.9. The highest BCUT2D eigenvalue weighted by molar-refractivity contribution is 6.38. The minimum Gasteiger partial charge on any atom is -0.497 e. The molecule has 0 radical (unpaired) electrons. The minimum atomic E-state index is -0.917. The highest BCUT2D eigenvalue weighted by Crippen LogP contribution is 2.37. The van der Waals surface area contributed by atoms with E-state index in [0.29, 0.717) is 24.3 Å². The van der Waals surface area contributed by atoms with E-state index in [9.17, 15) is 28.8 Å². The number of ketones is 4. The first-order chi connectivity index (χ1) is 26.3. The Morgan fingerprint density at radius 2 is 1.69 bits per heavy atom. The van der Waals surface area contributed by atoms with Crippen LogP contribution in [0.2, 0.25) is 0 Å². The Morgan fingerprint density at radius 3 is 2.33 bits per heavy atom. The fourth-order valence-corrected chi connectivity index (χ4v) is 8.12. The van der Waals surface area contributed by atoms with Gasteiger partial charge in [0.2, 0.25) is 11.7 Å². The summed E-state index contributed by atoms with van der Waals surface area (Å²) in [7, 11) is 1.56. The molecule has 12 nitrogen and oxygen atoms in total. The molecule has 2 aromatic rings. The first-order valence-electron chi connectivity index (χ1n) is 20.1. The zero-order valence-electron chi connectivity index (χ0n) is 33.1. The van der Waals surface area contributed by atoms with Gasteiger partial charge in [0.1, 0.15) is 23.3 Å². The van der Waals surface area contributed by atoms with Crippen LogP contribution in [0.1, 0.15) is 122 Å². The Hall–Kier alpha value is -4.48. The molecule has 5 atom stereocenters. The molecule has 1 aromatic heterocycles. The van der Waals surface area contributed by atoms with Crippen LogP contribution in [0, 0.1) is 29.1 Å².